The molecule has 0 aliphatic carbocycles. The van der Waals surface area contributed by atoms with Crippen molar-refractivity contribution in [3.8, 4) is 11.5 Å². The minimum absolute atomic E-state index is 0.00840. The van der Waals surface area contributed by atoms with Crippen molar-refractivity contribution in [2.45, 2.75) is 104 Å². The van der Waals surface area contributed by atoms with E-state index in [1.54, 1.807) is 0 Å². The zero-order valence-electron chi connectivity index (χ0n) is 20.9. The number of ether oxygens (including phenoxy) is 2. The smallest absolute Gasteiger partial charge is 0.154 e. The third-order valence-corrected chi connectivity index (χ3v) is 7.61. The summed E-state index contributed by atoms with van der Waals surface area (Å²) in [7, 11) is 0. The maximum absolute atomic E-state index is 12.1. The summed E-state index contributed by atoms with van der Waals surface area (Å²) in [6.07, 6.45) is 12.0. The van der Waals surface area contributed by atoms with Gasteiger partial charge in [-0.1, -0.05) is 53.4 Å². The topological polar surface area (TPSA) is 52.6 Å². The molecule has 0 N–H and O–H groups in total. The van der Waals surface area contributed by atoms with Crippen LogP contribution in [-0.2, 0) is 0 Å². The van der Waals surface area contributed by atoms with Crippen molar-refractivity contribution in [1.82, 2.24) is 0 Å². The Kier molecular flexibility index (Phi) is 12.6. The van der Waals surface area contributed by atoms with Crippen molar-refractivity contribution >= 4 is 55.2 Å². The summed E-state index contributed by atoms with van der Waals surface area (Å²) >= 11 is 7.14. The molecule has 2 aromatic rings. The molecule has 6 heteroatoms. The normalized spacial score (nSPS) is 13.0. The molecule has 0 saturated carbocycles. The van der Waals surface area contributed by atoms with Crippen LogP contribution in [0.3, 0.4) is 0 Å². The monoisotopic (exact) mass is 596 g/mol. The van der Waals surface area contributed by atoms with Crippen LogP contribution in [0.2, 0.25) is 0 Å². The van der Waals surface area contributed by atoms with E-state index in [0.717, 1.165) is 87.6 Å². The van der Waals surface area contributed by atoms with Gasteiger partial charge in [-0.2, -0.15) is 0 Å². The van der Waals surface area contributed by atoms with Crippen LogP contribution in [0, 0.1) is 0 Å². The Morgan fingerprint density at radius 1 is 0.706 bits per heavy atom. The fourth-order valence-electron chi connectivity index (χ4n) is 4.19. The van der Waals surface area contributed by atoms with E-state index >= 15 is 0 Å². The van der Waals surface area contributed by atoms with Crippen molar-refractivity contribution in [1.29, 1.82) is 0 Å². The Balaban J connectivity index is 2.63. The molecule has 0 amide bonds. The quantitative estimate of drug-likeness (QED) is 0.143. The third-order valence-electron chi connectivity index (χ3n) is 6.30. The summed E-state index contributed by atoms with van der Waals surface area (Å²) in [6.45, 7) is 8.58. The lowest BCUT2D eigenvalue weighted by atomic mass is 10.0. The van der Waals surface area contributed by atoms with Crippen molar-refractivity contribution < 1.29 is 19.1 Å². The van der Waals surface area contributed by atoms with Crippen molar-refractivity contribution in [2.75, 3.05) is 0 Å². The number of fused-ring (bicyclic) bond motifs is 1. The Labute approximate surface area is 221 Å². The average molecular weight is 598 g/mol. The first-order valence-electron chi connectivity index (χ1n) is 12.7. The highest BCUT2D eigenvalue weighted by molar-refractivity contribution is 9.10. The molecule has 0 radical (unpaired) electrons. The second-order valence-electron chi connectivity index (χ2n) is 8.82. The molecule has 2 aromatic carbocycles. The molecule has 0 bridgehead atoms. The van der Waals surface area contributed by atoms with Crippen molar-refractivity contribution in [2.24, 2.45) is 0 Å². The van der Waals surface area contributed by atoms with Gasteiger partial charge < -0.3 is 9.47 Å². The lowest BCUT2D eigenvalue weighted by Gasteiger charge is -2.24. The first-order chi connectivity index (χ1) is 16.4. The van der Waals surface area contributed by atoms with Gasteiger partial charge in [-0.3, -0.25) is 9.59 Å². The third kappa shape index (κ3) is 7.30. The van der Waals surface area contributed by atoms with E-state index in [-0.39, 0.29) is 12.2 Å². The molecule has 188 valence electrons. The highest BCUT2D eigenvalue weighted by Gasteiger charge is 2.24. The van der Waals surface area contributed by atoms with Gasteiger partial charge in [0, 0.05) is 19.7 Å². The van der Waals surface area contributed by atoms with Gasteiger partial charge in [0.15, 0.2) is 12.6 Å². The lowest BCUT2D eigenvalue weighted by Crippen LogP contribution is -2.18. The number of carbonyl (C=O) groups excluding carboxylic acids is 2. The molecule has 34 heavy (non-hydrogen) atoms. The van der Waals surface area contributed by atoms with Crippen LogP contribution >= 0.6 is 31.9 Å². The van der Waals surface area contributed by atoms with Gasteiger partial charge in [0.25, 0.3) is 0 Å². The number of rotatable bonds is 16. The minimum atomic E-state index is 0.00840. The molecule has 2 rings (SSSR count). The highest BCUT2D eigenvalue weighted by atomic mass is 79.9. The van der Waals surface area contributed by atoms with E-state index in [0.29, 0.717) is 31.6 Å². The maximum atomic E-state index is 12.1. The van der Waals surface area contributed by atoms with Gasteiger partial charge in [-0.05, 0) is 82.5 Å². The van der Waals surface area contributed by atoms with Crippen molar-refractivity contribution in [3.63, 3.8) is 0 Å². The second-order valence-corrected chi connectivity index (χ2v) is 10.5. The summed E-state index contributed by atoms with van der Waals surface area (Å²) in [6, 6.07) is 3.75. The fourth-order valence-corrected chi connectivity index (χ4v) is 5.20. The zero-order chi connectivity index (χ0) is 25.1. The fraction of sp³-hybridized carbons (Fsp3) is 0.571. The number of hydrogen-bond donors (Lipinski definition) is 0. The Bertz CT molecular complexity index is 880. The number of hydrogen-bond acceptors (Lipinski definition) is 4. The largest absolute Gasteiger partial charge is 0.489 e. The number of carbonyl (C=O) groups is 2. The SMILES string of the molecule is CCCCCC(CC)Oc1c(C=O)c(Br)cc2c(OC(CC)CCCCC)c(C=O)c(Br)cc12. The molecule has 0 fully saturated rings. The zero-order valence-corrected chi connectivity index (χ0v) is 24.1. The number of unbranched alkanes of at least 4 members (excludes halogenated alkanes) is 4. The van der Waals surface area contributed by atoms with E-state index in [4.69, 9.17) is 9.47 Å². The molecule has 0 aromatic heterocycles. The van der Waals surface area contributed by atoms with Crippen LogP contribution in [0.1, 0.15) is 113 Å². The number of aldehydes is 2. The van der Waals surface area contributed by atoms with Crippen LogP contribution in [-0.4, -0.2) is 24.8 Å². The minimum Gasteiger partial charge on any atom is -0.489 e. The second kappa shape index (κ2) is 14.9. The van der Waals surface area contributed by atoms with Crippen LogP contribution in [0.4, 0.5) is 0 Å². The van der Waals surface area contributed by atoms with Gasteiger partial charge in [0.1, 0.15) is 11.5 Å². The number of benzene rings is 2. The Hall–Kier alpha value is -1.40. The molecule has 0 aliphatic heterocycles. The Morgan fingerprint density at radius 3 is 1.38 bits per heavy atom. The summed E-state index contributed by atoms with van der Waals surface area (Å²) < 4.78 is 14.3. The van der Waals surface area contributed by atoms with Crippen LogP contribution in [0.15, 0.2) is 21.1 Å². The van der Waals surface area contributed by atoms with Gasteiger partial charge >= 0.3 is 0 Å². The van der Waals surface area contributed by atoms with E-state index in [9.17, 15) is 9.59 Å². The Morgan fingerprint density at radius 2 is 1.09 bits per heavy atom. The highest BCUT2D eigenvalue weighted by Crippen LogP contribution is 2.44. The lowest BCUT2D eigenvalue weighted by molar-refractivity contribution is 0.110. The van der Waals surface area contributed by atoms with Crippen LogP contribution in [0.5, 0.6) is 11.5 Å². The predicted octanol–water partition coefficient (Wildman–Crippen LogP) is 9.47. The summed E-state index contributed by atoms with van der Waals surface area (Å²) in [5.41, 5.74) is 0.960. The van der Waals surface area contributed by atoms with Gasteiger partial charge in [-0.15, -0.1) is 0 Å². The van der Waals surface area contributed by atoms with Gasteiger partial charge in [0.05, 0.1) is 23.3 Å². The molecule has 0 heterocycles. The molecular weight excluding hydrogens is 560 g/mol. The van der Waals surface area contributed by atoms with Gasteiger partial charge in [-0.25, -0.2) is 0 Å². The molecule has 0 saturated heterocycles. The van der Waals surface area contributed by atoms with E-state index in [2.05, 4.69) is 59.6 Å². The molecule has 0 aliphatic rings. The summed E-state index contributed by atoms with van der Waals surface area (Å²) in [5, 5.41) is 1.55. The molecule has 4 nitrogen and oxygen atoms in total. The predicted molar refractivity (Wildman–Crippen MR) is 148 cm³/mol. The van der Waals surface area contributed by atoms with E-state index in [1.807, 2.05) is 12.1 Å². The molecule has 0 spiro atoms. The number of halogens is 2. The molecule has 2 atom stereocenters. The van der Waals surface area contributed by atoms with Crippen molar-refractivity contribution in [3.05, 3.63) is 32.2 Å². The average Bonchev–Trinajstić information content (AvgIpc) is 2.83. The van der Waals surface area contributed by atoms with E-state index < -0.39 is 0 Å². The first kappa shape index (κ1) is 28.8. The van der Waals surface area contributed by atoms with Gasteiger partial charge in [0.2, 0.25) is 0 Å². The standard InChI is InChI=1S/C28H38Br2O4/c1-5-9-11-13-19(7-3)33-27-21-15-26(30)24(18-32)28(22(21)16-25(29)23(27)17-31)34-20(8-4)14-12-10-6-2/h15-20H,5-14H2,1-4H3. The molecular formula is C28H38Br2O4. The first-order valence-corrected chi connectivity index (χ1v) is 14.3. The summed E-state index contributed by atoms with van der Waals surface area (Å²) in [5.74, 6) is 1.09. The maximum Gasteiger partial charge on any atom is 0.154 e. The summed E-state index contributed by atoms with van der Waals surface area (Å²) in [4.78, 5) is 24.2. The molecule has 2 unspecified atom stereocenters. The van der Waals surface area contributed by atoms with E-state index in [1.165, 1.54) is 0 Å². The van der Waals surface area contributed by atoms with Crippen LogP contribution in [0.25, 0.3) is 10.8 Å². The van der Waals surface area contributed by atoms with Crippen LogP contribution < -0.4 is 9.47 Å².